The summed E-state index contributed by atoms with van der Waals surface area (Å²) < 4.78 is 0. The van der Waals surface area contributed by atoms with Crippen molar-refractivity contribution in [2.24, 2.45) is 5.92 Å². The molecule has 0 radical (unpaired) electrons. The van der Waals surface area contributed by atoms with Gasteiger partial charge >= 0.3 is 0 Å². The molecule has 0 unspecified atom stereocenters. The van der Waals surface area contributed by atoms with Gasteiger partial charge in [0.1, 0.15) is 0 Å². The molecule has 0 aromatic heterocycles. The summed E-state index contributed by atoms with van der Waals surface area (Å²) in [7, 11) is 0. The second-order valence-electron chi connectivity index (χ2n) is 3.59. The van der Waals surface area contributed by atoms with Crippen molar-refractivity contribution in [1.82, 2.24) is 5.32 Å². The summed E-state index contributed by atoms with van der Waals surface area (Å²) in [5.41, 5.74) is 1.92. The van der Waals surface area contributed by atoms with Gasteiger partial charge in [-0.1, -0.05) is 30.3 Å². The second kappa shape index (κ2) is 4.28. The van der Waals surface area contributed by atoms with E-state index in [1.54, 1.807) is 6.08 Å². The first-order chi connectivity index (χ1) is 7.31. The molecule has 2 rings (SSSR count). The minimum atomic E-state index is -0.0847. The van der Waals surface area contributed by atoms with Crippen LogP contribution in [0.25, 0.3) is 5.57 Å². The van der Waals surface area contributed by atoms with E-state index in [4.69, 9.17) is 0 Å². The number of nitrogens with one attached hydrogen (secondary N) is 1. The first-order valence-electron chi connectivity index (χ1n) is 4.97. The maximum atomic E-state index is 11.2. The Balaban J connectivity index is 2.36. The highest BCUT2D eigenvalue weighted by atomic mass is 16.3. The third-order valence-corrected chi connectivity index (χ3v) is 2.58. The molecule has 1 amide bonds. The number of amides is 1. The normalized spacial score (nSPS) is 20.7. The number of hydrogen-bond acceptors (Lipinski definition) is 2. The number of carbonyl (C=O) groups is 1. The molecule has 0 saturated heterocycles. The summed E-state index contributed by atoms with van der Waals surface area (Å²) in [6, 6.07) is 9.69. The molecule has 1 atom stereocenters. The molecule has 1 aliphatic heterocycles. The Morgan fingerprint density at radius 3 is 2.73 bits per heavy atom. The molecule has 0 saturated carbocycles. The van der Waals surface area contributed by atoms with Crippen molar-refractivity contribution in [2.45, 2.75) is 0 Å². The van der Waals surface area contributed by atoms with Crippen molar-refractivity contribution in [2.75, 3.05) is 13.2 Å². The Morgan fingerprint density at radius 2 is 2.07 bits per heavy atom. The van der Waals surface area contributed by atoms with E-state index in [9.17, 15) is 9.90 Å². The summed E-state index contributed by atoms with van der Waals surface area (Å²) in [5.74, 6) is -0.0800. The average molecular weight is 203 g/mol. The third kappa shape index (κ3) is 2.07. The molecule has 1 heterocycles. The Hall–Kier alpha value is -1.61. The summed E-state index contributed by atoms with van der Waals surface area (Å²) >= 11 is 0. The molecule has 0 fully saturated rings. The smallest absolute Gasteiger partial charge is 0.244 e. The van der Waals surface area contributed by atoms with Gasteiger partial charge in [0.15, 0.2) is 0 Å². The minimum absolute atomic E-state index is 0.00472. The molecule has 0 bridgehead atoms. The first-order valence-corrected chi connectivity index (χ1v) is 4.97. The molecule has 0 aliphatic carbocycles. The number of hydrogen-bond donors (Lipinski definition) is 2. The van der Waals surface area contributed by atoms with Crippen LogP contribution in [0.2, 0.25) is 0 Å². The van der Waals surface area contributed by atoms with Gasteiger partial charge in [-0.2, -0.15) is 0 Å². The zero-order valence-corrected chi connectivity index (χ0v) is 8.31. The lowest BCUT2D eigenvalue weighted by molar-refractivity contribution is -0.116. The van der Waals surface area contributed by atoms with Crippen LogP contribution in [0.3, 0.4) is 0 Å². The number of aliphatic hydroxyl groups is 1. The fourth-order valence-electron chi connectivity index (χ4n) is 1.76. The summed E-state index contributed by atoms with van der Waals surface area (Å²) in [4.78, 5) is 11.2. The van der Waals surface area contributed by atoms with E-state index in [0.29, 0.717) is 6.54 Å². The van der Waals surface area contributed by atoms with Crippen molar-refractivity contribution in [3.63, 3.8) is 0 Å². The van der Waals surface area contributed by atoms with Crippen LogP contribution >= 0.6 is 0 Å². The maximum Gasteiger partial charge on any atom is 0.244 e. The van der Waals surface area contributed by atoms with Crippen LogP contribution < -0.4 is 5.32 Å². The number of rotatable bonds is 2. The van der Waals surface area contributed by atoms with Crippen LogP contribution in [-0.2, 0) is 4.79 Å². The monoisotopic (exact) mass is 203 g/mol. The predicted molar refractivity (Wildman–Crippen MR) is 58.0 cm³/mol. The molecule has 15 heavy (non-hydrogen) atoms. The molecular formula is C12H13NO2. The predicted octanol–water partition coefficient (Wildman–Crippen LogP) is 0.808. The largest absolute Gasteiger partial charge is 0.396 e. The molecule has 78 valence electrons. The highest BCUT2D eigenvalue weighted by molar-refractivity contribution is 5.97. The summed E-state index contributed by atoms with van der Waals surface area (Å²) in [6.45, 7) is 0.567. The fourth-order valence-corrected chi connectivity index (χ4v) is 1.76. The topological polar surface area (TPSA) is 49.3 Å². The average Bonchev–Trinajstić information content (AvgIpc) is 2.30. The molecule has 0 spiro atoms. The van der Waals surface area contributed by atoms with E-state index in [0.717, 1.165) is 11.1 Å². The highest BCUT2D eigenvalue weighted by Gasteiger charge is 2.21. The number of aliphatic hydroxyl groups excluding tert-OH is 1. The van der Waals surface area contributed by atoms with Crippen LogP contribution in [0.15, 0.2) is 36.4 Å². The van der Waals surface area contributed by atoms with Crippen LogP contribution in [0.1, 0.15) is 5.56 Å². The van der Waals surface area contributed by atoms with E-state index in [1.165, 1.54) is 0 Å². The van der Waals surface area contributed by atoms with Gasteiger partial charge in [-0.15, -0.1) is 0 Å². The van der Waals surface area contributed by atoms with E-state index in [2.05, 4.69) is 5.32 Å². The van der Waals surface area contributed by atoms with Crippen LogP contribution in [0.4, 0.5) is 0 Å². The van der Waals surface area contributed by atoms with Crippen molar-refractivity contribution in [3.05, 3.63) is 42.0 Å². The van der Waals surface area contributed by atoms with Gasteiger partial charge in [-0.25, -0.2) is 0 Å². The lowest BCUT2D eigenvalue weighted by atomic mass is 9.90. The van der Waals surface area contributed by atoms with Gasteiger partial charge in [-0.3, -0.25) is 4.79 Å². The second-order valence-corrected chi connectivity index (χ2v) is 3.59. The van der Waals surface area contributed by atoms with E-state index < -0.39 is 0 Å². The van der Waals surface area contributed by atoms with Crippen molar-refractivity contribution in [3.8, 4) is 0 Å². The van der Waals surface area contributed by atoms with Crippen molar-refractivity contribution >= 4 is 11.5 Å². The van der Waals surface area contributed by atoms with Crippen molar-refractivity contribution in [1.29, 1.82) is 0 Å². The minimum Gasteiger partial charge on any atom is -0.396 e. The highest BCUT2D eigenvalue weighted by Crippen LogP contribution is 2.24. The Morgan fingerprint density at radius 1 is 1.33 bits per heavy atom. The summed E-state index contributed by atoms with van der Waals surface area (Å²) in [6.07, 6.45) is 1.57. The lowest BCUT2D eigenvalue weighted by Crippen LogP contribution is -2.35. The van der Waals surface area contributed by atoms with Gasteiger partial charge < -0.3 is 10.4 Å². The van der Waals surface area contributed by atoms with Gasteiger partial charge in [0, 0.05) is 18.5 Å². The molecule has 2 N–H and O–H groups in total. The zero-order valence-electron chi connectivity index (χ0n) is 8.31. The van der Waals surface area contributed by atoms with Crippen LogP contribution in [0, 0.1) is 5.92 Å². The molecular weight excluding hydrogens is 190 g/mol. The van der Waals surface area contributed by atoms with E-state index in [-0.39, 0.29) is 18.4 Å². The maximum absolute atomic E-state index is 11.2. The zero-order chi connectivity index (χ0) is 10.7. The van der Waals surface area contributed by atoms with Crippen LogP contribution in [-0.4, -0.2) is 24.2 Å². The van der Waals surface area contributed by atoms with E-state index >= 15 is 0 Å². The van der Waals surface area contributed by atoms with Gasteiger partial charge in [0.2, 0.25) is 5.91 Å². The molecule has 1 aromatic rings. The molecule has 3 heteroatoms. The quantitative estimate of drug-likeness (QED) is 0.747. The summed E-state index contributed by atoms with van der Waals surface area (Å²) in [5, 5.41) is 11.9. The van der Waals surface area contributed by atoms with Crippen LogP contribution in [0.5, 0.6) is 0 Å². The van der Waals surface area contributed by atoms with Gasteiger partial charge in [-0.05, 0) is 11.1 Å². The first kappa shape index (κ1) is 9.93. The third-order valence-electron chi connectivity index (χ3n) is 2.58. The number of carbonyl (C=O) groups excluding carboxylic acids is 1. The lowest BCUT2D eigenvalue weighted by Gasteiger charge is -2.23. The van der Waals surface area contributed by atoms with Gasteiger partial charge in [0.05, 0.1) is 6.61 Å². The fraction of sp³-hybridized carbons (Fsp3) is 0.250. The Labute approximate surface area is 88.4 Å². The molecule has 1 aliphatic rings. The number of benzene rings is 1. The SMILES string of the molecule is O=C1C=C(c2ccccc2)[C@@H](CO)CN1. The Kier molecular flexibility index (Phi) is 2.83. The standard InChI is InChI=1S/C12H13NO2/c14-8-10-7-13-12(15)6-11(10)9-4-2-1-3-5-9/h1-6,10,14H,7-8H2,(H,13,15)/t10-/m1/s1. The van der Waals surface area contributed by atoms with Crippen molar-refractivity contribution < 1.29 is 9.90 Å². The van der Waals surface area contributed by atoms with Gasteiger partial charge in [0.25, 0.3) is 0 Å². The molecule has 1 aromatic carbocycles. The molecule has 3 nitrogen and oxygen atoms in total. The van der Waals surface area contributed by atoms with E-state index in [1.807, 2.05) is 30.3 Å². The Bertz CT molecular complexity index is 384.